The molecule has 1 aromatic heterocycles. The van der Waals surface area contributed by atoms with Crippen LogP contribution >= 0.6 is 15.9 Å². The van der Waals surface area contributed by atoms with Crippen LogP contribution < -0.4 is 0 Å². The quantitative estimate of drug-likeness (QED) is 0.673. The molecule has 0 saturated heterocycles. The maximum atomic E-state index is 5.36. The third-order valence-electron chi connectivity index (χ3n) is 1.28. The van der Waals surface area contributed by atoms with Crippen LogP contribution in [0.4, 0.5) is 0 Å². The predicted molar refractivity (Wildman–Crippen MR) is 45.5 cm³/mol. The van der Waals surface area contributed by atoms with Gasteiger partial charge >= 0.3 is 0 Å². The van der Waals surface area contributed by atoms with Gasteiger partial charge in [-0.25, -0.2) is 0 Å². The summed E-state index contributed by atoms with van der Waals surface area (Å²) in [4.78, 5) is 0.498. The van der Waals surface area contributed by atoms with Gasteiger partial charge in [-0.3, -0.25) is 0 Å². The van der Waals surface area contributed by atoms with Crippen molar-refractivity contribution in [3.8, 4) is 0 Å². The topological polar surface area (TPSA) is 13.1 Å². The zero-order valence-electron chi connectivity index (χ0n) is 6.23. The van der Waals surface area contributed by atoms with Crippen LogP contribution in [-0.4, -0.2) is 4.83 Å². The third kappa shape index (κ3) is 2.18. The number of halogens is 1. The molecule has 56 valence electrons. The maximum absolute atomic E-state index is 5.36. The summed E-state index contributed by atoms with van der Waals surface area (Å²) in [6, 6.07) is 4.01. The lowest BCUT2D eigenvalue weighted by molar-refractivity contribution is 0.483. The fraction of sp³-hybridized carbons (Fsp3) is 0.500. The Kier molecular flexibility index (Phi) is 2.55. The van der Waals surface area contributed by atoms with Gasteiger partial charge in [0.15, 0.2) is 0 Å². The van der Waals surface area contributed by atoms with Gasteiger partial charge in [-0.15, -0.1) is 0 Å². The number of hydrogen-bond acceptors (Lipinski definition) is 1. The molecule has 0 spiro atoms. The van der Waals surface area contributed by atoms with Crippen molar-refractivity contribution in [3.05, 3.63) is 23.7 Å². The van der Waals surface area contributed by atoms with Crippen molar-refractivity contribution in [3.63, 3.8) is 0 Å². The Morgan fingerprint density at radius 1 is 1.60 bits per heavy atom. The van der Waals surface area contributed by atoms with Crippen LogP contribution in [0.25, 0.3) is 0 Å². The molecule has 1 aromatic rings. The van der Waals surface area contributed by atoms with Gasteiger partial charge in [-0.2, -0.15) is 0 Å². The number of aryl methyl sites for hydroxylation is 1. The third-order valence-corrected chi connectivity index (χ3v) is 1.60. The largest absolute Gasteiger partial charge is 0.466 e. The second-order valence-electron chi connectivity index (χ2n) is 2.50. The predicted octanol–water partition coefficient (Wildman–Crippen LogP) is 2.91. The smallest absolute Gasteiger partial charge is 0.105 e. The molecule has 1 atom stereocenters. The van der Waals surface area contributed by atoms with E-state index in [9.17, 15) is 0 Å². The molecule has 0 amide bonds. The van der Waals surface area contributed by atoms with Crippen molar-refractivity contribution in [1.29, 1.82) is 0 Å². The normalized spacial score (nSPS) is 13.5. The summed E-state index contributed by atoms with van der Waals surface area (Å²) in [5.41, 5.74) is 0. The van der Waals surface area contributed by atoms with E-state index in [-0.39, 0.29) is 0 Å². The number of alkyl halides is 1. The first kappa shape index (κ1) is 7.86. The molecule has 1 heterocycles. The molecule has 0 aliphatic heterocycles. The van der Waals surface area contributed by atoms with E-state index >= 15 is 0 Å². The molecule has 1 unspecified atom stereocenters. The van der Waals surface area contributed by atoms with Crippen molar-refractivity contribution < 1.29 is 4.42 Å². The highest BCUT2D eigenvalue weighted by molar-refractivity contribution is 9.09. The molecule has 1 nitrogen and oxygen atoms in total. The van der Waals surface area contributed by atoms with Gasteiger partial charge in [0.1, 0.15) is 11.5 Å². The summed E-state index contributed by atoms with van der Waals surface area (Å²) in [5, 5.41) is 0. The van der Waals surface area contributed by atoms with Crippen molar-refractivity contribution in [1.82, 2.24) is 0 Å². The highest BCUT2D eigenvalue weighted by Gasteiger charge is 2.01. The minimum atomic E-state index is 0.498. The summed E-state index contributed by atoms with van der Waals surface area (Å²) in [7, 11) is 0. The van der Waals surface area contributed by atoms with Crippen LogP contribution in [0, 0.1) is 6.92 Å². The minimum absolute atomic E-state index is 0.498. The average Bonchev–Trinajstić information content (AvgIpc) is 2.13. The zero-order chi connectivity index (χ0) is 7.56. The van der Waals surface area contributed by atoms with Crippen molar-refractivity contribution in [2.75, 3.05) is 0 Å². The van der Waals surface area contributed by atoms with Crippen LogP contribution in [0.15, 0.2) is 16.5 Å². The van der Waals surface area contributed by atoms with Crippen LogP contribution in [0.2, 0.25) is 0 Å². The Morgan fingerprint density at radius 2 is 2.30 bits per heavy atom. The van der Waals surface area contributed by atoms with Gasteiger partial charge in [-0.05, 0) is 19.1 Å². The average molecular weight is 203 g/mol. The second-order valence-corrected chi connectivity index (χ2v) is 4.06. The molecular weight excluding hydrogens is 192 g/mol. The van der Waals surface area contributed by atoms with Crippen molar-refractivity contribution >= 4 is 15.9 Å². The molecule has 0 aliphatic carbocycles. The molecule has 0 radical (unpaired) electrons. The van der Waals surface area contributed by atoms with E-state index in [4.69, 9.17) is 4.42 Å². The van der Waals surface area contributed by atoms with Gasteiger partial charge < -0.3 is 4.42 Å². The molecule has 1 rings (SSSR count). The Hall–Kier alpha value is -0.240. The lowest BCUT2D eigenvalue weighted by Crippen LogP contribution is -1.93. The first-order chi connectivity index (χ1) is 4.68. The van der Waals surface area contributed by atoms with Crippen molar-refractivity contribution in [2.24, 2.45) is 0 Å². The number of rotatable bonds is 2. The molecule has 0 saturated carbocycles. The summed E-state index contributed by atoms with van der Waals surface area (Å²) in [6.07, 6.45) is 0.966. The van der Waals surface area contributed by atoms with E-state index in [1.807, 2.05) is 19.1 Å². The molecule has 2 heteroatoms. The van der Waals surface area contributed by atoms with E-state index in [2.05, 4.69) is 22.9 Å². The van der Waals surface area contributed by atoms with Crippen LogP contribution in [-0.2, 0) is 6.42 Å². The maximum Gasteiger partial charge on any atom is 0.105 e. The van der Waals surface area contributed by atoms with Crippen molar-refractivity contribution in [2.45, 2.75) is 25.1 Å². The van der Waals surface area contributed by atoms with E-state index in [1.54, 1.807) is 0 Å². The lowest BCUT2D eigenvalue weighted by atomic mass is 10.3. The highest BCUT2D eigenvalue weighted by atomic mass is 79.9. The molecule has 0 aromatic carbocycles. The van der Waals surface area contributed by atoms with Gasteiger partial charge in [0.2, 0.25) is 0 Å². The fourth-order valence-electron chi connectivity index (χ4n) is 0.872. The van der Waals surface area contributed by atoms with Gasteiger partial charge in [0, 0.05) is 11.2 Å². The summed E-state index contributed by atoms with van der Waals surface area (Å²) >= 11 is 3.46. The Bertz CT molecular complexity index is 203. The van der Waals surface area contributed by atoms with E-state index in [0.717, 1.165) is 17.9 Å². The Balaban J connectivity index is 2.58. The van der Waals surface area contributed by atoms with E-state index < -0.39 is 0 Å². The number of hydrogen-bond donors (Lipinski definition) is 0. The molecule has 0 bridgehead atoms. The lowest BCUT2D eigenvalue weighted by Gasteiger charge is -1.96. The zero-order valence-corrected chi connectivity index (χ0v) is 7.81. The molecule has 0 N–H and O–H groups in total. The summed E-state index contributed by atoms with van der Waals surface area (Å²) in [5.74, 6) is 2.05. The van der Waals surface area contributed by atoms with Crippen LogP contribution in [0.3, 0.4) is 0 Å². The Labute approximate surface area is 69.6 Å². The summed E-state index contributed by atoms with van der Waals surface area (Å²) < 4.78 is 5.36. The van der Waals surface area contributed by atoms with Gasteiger partial charge in [0.05, 0.1) is 0 Å². The summed E-state index contributed by atoms with van der Waals surface area (Å²) in [6.45, 7) is 4.07. The standard InChI is InChI=1S/C8H11BrO/c1-6(9)5-8-4-3-7(2)10-8/h3-4,6H,5H2,1-2H3. The van der Waals surface area contributed by atoms with E-state index in [0.29, 0.717) is 4.83 Å². The molecule has 0 fully saturated rings. The first-order valence-corrected chi connectivity index (χ1v) is 4.29. The van der Waals surface area contributed by atoms with Crippen LogP contribution in [0.5, 0.6) is 0 Å². The molecular formula is C8H11BrO. The molecule has 10 heavy (non-hydrogen) atoms. The monoisotopic (exact) mass is 202 g/mol. The fourth-order valence-corrected chi connectivity index (χ4v) is 1.19. The van der Waals surface area contributed by atoms with Gasteiger partial charge in [-0.1, -0.05) is 22.9 Å². The number of furan rings is 1. The van der Waals surface area contributed by atoms with Crippen LogP contribution in [0.1, 0.15) is 18.4 Å². The minimum Gasteiger partial charge on any atom is -0.466 e. The second kappa shape index (κ2) is 3.24. The SMILES string of the molecule is Cc1ccc(CC(C)Br)o1. The molecule has 0 aliphatic rings. The Morgan fingerprint density at radius 3 is 2.70 bits per heavy atom. The van der Waals surface area contributed by atoms with Gasteiger partial charge in [0.25, 0.3) is 0 Å². The highest BCUT2D eigenvalue weighted by Crippen LogP contribution is 2.12. The van der Waals surface area contributed by atoms with E-state index in [1.165, 1.54) is 0 Å². The first-order valence-electron chi connectivity index (χ1n) is 3.38.